The van der Waals surface area contributed by atoms with Crippen LogP contribution in [0.4, 0.5) is 0 Å². The quantitative estimate of drug-likeness (QED) is 0.703. The fourth-order valence-electron chi connectivity index (χ4n) is 3.53. The molecule has 1 aromatic carbocycles. The van der Waals surface area contributed by atoms with E-state index in [0.717, 1.165) is 6.42 Å². The molecule has 4 rings (SSSR count). The maximum Gasteiger partial charge on any atom is 0.323 e. The van der Waals surface area contributed by atoms with Gasteiger partial charge in [-0.15, -0.1) is 0 Å². The van der Waals surface area contributed by atoms with Crippen LogP contribution in [0.25, 0.3) is 0 Å². The van der Waals surface area contributed by atoms with Crippen molar-refractivity contribution in [2.24, 2.45) is 0 Å². The molecule has 8 nitrogen and oxygen atoms in total. The number of esters is 1. The van der Waals surface area contributed by atoms with Gasteiger partial charge in [0, 0.05) is 45.1 Å². The second-order valence-electron chi connectivity index (χ2n) is 6.57. The number of hydrogen-bond donors (Lipinski definition) is 0. The summed E-state index contributed by atoms with van der Waals surface area (Å²) in [5.41, 5.74) is 0. The zero-order valence-corrected chi connectivity index (χ0v) is 15.2. The van der Waals surface area contributed by atoms with Gasteiger partial charge in [-0.1, -0.05) is 0 Å². The number of rotatable bonds is 3. The Bertz CT molecular complexity index is 788. The molecule has 2 saturated heterocycles. The number of sulfonamides is 1. The third-order valence-electron chi connectivity index (χ3n) is 4.98. The molecule has 1 atom stereocenters. The van der Waals surface area contributed by atoms with E-state index in [4.69, 9.17) is 14.2 Å². The molecule has 142 valence electrons. The van der Waals surface area contributed by atoms with Gasteiger partial charge in [-0.05, 0) is 12.1 Å². The highest BCUT2D eigenvalue weighted by atomic mass is 32.2. The van der Waals surface area contributed by atoms with Crippen LogP contribution in [0.3, 0.4) is 0 Å². The van der Waals surface area contributed by atoms with Crippen LogP contribution in [0, 0.1) is 0 Å². The first kappa shape index (κ1) is 17.6. The Morgan fingerprint density at radius 3 is 2.35 bits per heavy atom. The third kappa shape index (κ3) is 3.26. The van der Waals surface area contributed by atoms with Gasteiger partial charge in [0.2, 0.25) is 10.0 Å². The SMILES string of the molecule is O=C1OCC[C@H]1N1CCN(S(=O)(=O)c2ccc3c(c2)OCCCO3)CC1. The number of cyclic esters (lactones) is 1. The maximum absolute atomic E-state index is 13.0. The molecule has 2 fully saturated rings. The summed E-state index contributed by atoms with van der Waals surface area (Å²) in [4.78, 5) is 13.9. The Morgan fingerprint density at radius 2 is 1.65 bits per heavy atom. The summed E-state index contributed by atoms with van der Waals surface area (Å²) in [7, 11) is -3.61. The second-order valence-corrected chi connectivity index (χ2v) is 8.51. The molecular formula is C17H22N2O6S. The molecule has 26 heavy (non-hydrogen) atoms. The lowest BCUT2D eigenvalue weighted by atomic mass is 10.2. The molecule has 0 aromatic heterocycles. The molecule has 0 unspecified atom stereocenters. The molecule has 0 bridgehead atoms. The first-order valence-corrected chi connectivity index (χ1v) is 10.3. The minimum atomic E-state index is -3.61. The van der Waals surface area contributed by atoms with Gasteiger partial charge in [0.1, 0.15) is 6.04 Å². The molecule has 0 amide bonds. The fraction of sp³-hybridized carbons (Fsp3) is 0.588. The smallest absolute Gasteiger partial charge is 0.323 e. The average molecular weight is 382 g/mol. The normalized spacial score (nSPS) is 24.9. The highest BCUT2D eigenvalue weighted by molar-refractivity contribution is 7.89. The second kappa shape index (κ2) is 7.05. The summed E-state index contributed by atoms with van der Waals surface area (Å²) in [6.45, 7) is 3.24. The number of carbonyl (C=O) groups is 1. The van der Waals surface area contributed by atoms with Crippen LogP contribution in [0.2, 0.25) is 0 Å². The van der Waals surface area contributed by atoms with Crippen LogP contribution < -0.4 is 9.47 Å². The van der Waals surface area contributed by atoms with E-state index in [1.54, 1.807) is 12.1 Å². The van der Waals surface area contributed by atoms with E-state index in [9.17, 15) is 13.2 Å². The predicted octanol–water partition coefficient (Wildman–Crippen LogP) is 0.470. The zero-order chi connectivity index (χ0) is 18.1. The van der Waals surface area contributed by atoms with Crippen molar-refractivity contribution in [1.82, 2.24) is 9.21 Å². The lowest BCUT2D eigenvalue weighted by Crippen LogP contribution is -2.52. The van der Waals surface area contributed by atoms with Gasteiger partial charge in [-0.25, -0.2) is 8.42 Å². The molecule has 3 heterocycles. The Morgan fingerprint density at radius 1 is 0.923 bits per heavy atom. The van der Waals surface area contributed by atoms with E-state index in [0.29, 0.717) is 63.9 Å². The van der Waals surface area contributed by atoms with E-state index < -0.39 is 10.0 Å². The lowest BCUT2D eigenvalue weighted by molar-refractivity contribution is -0.142. The molecule has 0 spiro atoms. The highest BCUT2D eigenvalue weighted by Crippen LogP contribution is 2.33. The van der Waals surface area contributed by atoms with E-state index in [1.807, 2.05) is 4.90 Å². The molecule has 3 aliphatic rings. The predicted molar refractivity (Wildman–Crippen MR) is 91.7 cm³/mol. The Balaban J connectivity index is 1.47. The van der Waals surface area contributed by atoms with Crippen molar-refractivity contribution in [3.05, 3.63) is 18.2 Å². The average Bonchev–Trinajstić information content (AvgIpc) is 2.94. The maximum atomic E-state index is 13.0. The summed E-state index contributed by atoms with van der Waals surface area (Å²) in [6, 6.07) is 4.51. The molecule has 0 N–H and O–H groups in total. The Kier molecular flexibility index (Phi) is 4.76. The largest absolute Gasteiger partial charge is 0.490 e. The molecule has 3 aliphatic heterocycles. The highest BCUT2D eigenvalue weighted by Gasteiger charge is 2.36. The number of piperazine rings is 1. The van der Waals surface area contributed by atoms with Crippen molar-refractivity contribution in [3.63, 3.8) is 0 Å². The zero-order valence-electron chi connectivity index (χ0n) is 14.4. The monoisotopic (exact) mass is 382 g/mol. The number of hydrogen-bond acceptors (Lipinski definition) is 7. The number of benzene rings is 1. The lowest BCUT2D eigenvalue weighted by Gasteiger charge is -2.35. The van der Waals surface area contributed by atoms with Gasteiger partial charge >= 0.3 is 5.97 Å². The first-order chi connectivity index (χ1) is 12.6. The van der Waals surface area contributed by atoms with Gasteiger partial charge in [0.25, 0.3) is 0 Å². The van der Waals surface area contributed by atoms with Crippen LogP contribution in [-0.2, 0) is 19.6 Å². The van der Waals surface area contributed by atoms with Crippen molar-refractivity contribution >= 4 is 16.0 Å². The van der Waals surface area contributed by atoms with Gasteiger partial charge < -0.3 is 14.2 Å². The van der Waals surface area contributed by atoms with Gasteiger partial charge in [-0.2, -0.15) is 4.31 Å². The Hall–Kier alpha value is -1.84. The minimum absolute atomic E-state index is 0.204. The van der Waals surface area contributed by atoms with E-state index in [2.05, 4.69) is 0 Å². The van der Waals surface area contributed by atoms with Crippen LogP contribution >= 0.6 is 0 Å². The summed E-state index contributed by atoms with van der Waals surface area (Å²) >= 11 is 0. The van der Waals surface area contributed by atoms with E-state index in [1.165, 1.54) is 10.4 Å². The van der Waals surface area contributed by atoms with Crippen molar-refractivity contribution in [2.75, 3.05) is 46.0 Å². The Labute approximate surface area is 152 Å². The third-order valence-corrected chi connectivity index (χ3v) is 6.87. The number of ether oxygens (including phenoxy) is 3. The molecular weight excluding hydrogens is 360 g/mol. The molecule has 9 heteroatoms. The van der Waals surface area contributed by atoms with Crippen molar-refractivity contribution in [2.45, 2.75) is 23.8 Å². The van der Waals surface area contributed by atoms with Crippen LogP contribution in [0.15, 0.2) is 23.1 Å². The van der Waals surface area contributed by atoms with Crippen molar-refractivity contribution < 1.29 is 27.4 Å². The van der Waals surface area contributed by atoms with Crippen molar-refractivity contribution in [1.29, 1.82) is 0 Å². The number of nitrogens with zero attached hydrogens (tertiary/aromatic N) is 2. The summed E-state index contributed by atoms with van der Waals surface area (Å²) in [6.07, 6.45) is 1.44. The van der Waals surface area contributed by atoms with Crippen LogP contribution in [-0.4, -0.2) is 75.6 Å². The van der Waals surface area contributed by atoms with Crippen molar-refractivity contribution in [3.8, 4) is 11.5 Å². The van der Waals surface area contributed by atoms with Gasteiger partial charge in [0.05, 0.1) is 24.7 Å². The molecule has 0 saturated carbocycles. The fourth-order valence-corrected chi connectivity index (χ4v) is 4.96. The van der Waals surface area contributed by atoms with E-state index >= 15 is 0 Å². The molecule has 1 aromatic rings. The first-order valence-electron chi connectivity index (χ1n) is 8.86. The summed E-state index contributed by atoms with van der Waals surface area (Å²) in [5.74, 6) is 0.839. The molecule has 0 aliphatic carbocycles. The van der Waals surface area contributed by atoms with E-state index in [-0.39, 0.29) is 16.9 Å². The standard InChI is InChI=1S/C17H22N2O6S/c20-17-14(4-11-25-17)18-5-7-19(8-6-18)26(21,22)13-2-3-15-16(12-13)24-10-1-9-23-15/h2-3,12,14H,1,4-11H2/t14-/m1/s1. The summed E-state index contributed by atoms with van der Waals surface area (Å²) < 4.78 is 43.6. The number of fused-ring (bicyclic) bond motifs is 1. The molecule has 0 radical (unpaired) electrons. The summed E-state index contributed by atoms with van der Waals surface area (Å²) in [5, 5.41) is 0. The topological polar surface area (TPSA) is 85.4 Å². The van der Waals surface area contributed by atoms with Gasteiger partial charge in [-0.3, -0.25) is 9.69 Å². The minimum Gasteiger partial charge on any atom is -0.490 e. The van der Waals surface area contributed by atoms with Crippen LogP contribution in [0.1, 0.15) is 12.8 Å². The number of carbonyl (C=O) groups excluding carboxylic acids is 1. The van der Waals surface area contributed by atoms with Crippen LogP contribution in [0.5, 0.6) is 11.5 Å². The van der Waals surface area contributed by atoms with Gasteiger partial charge in [0.15, 0.2) is 11.5 Å².